The first-order valence-corrected chi connectivity index (χ1v) is 10.1. The van der Waals surface area contributed by atoms with E-state index in [0.717, 1.165) is 35.9 Å². The van der Waals surface area contributed by atoms with Crippen molar-refractivity contribution in [1.29, 1.82) is 0 Å². The number of imidazole rings is 1. The summed E-state index contributed by atoms with van der Waals surface area (Å²) < 4.78 is 1.90. The summed E-state index contributed by atoms with van der Waals surface area (Å²) in [7, 11) is 1.90. The first-order chi connectivity index (χ1) is 13.1. The Hall–Kier alpha value is -2.45. The van der Waals surface area contributed by atoms with Crippen LogP contribution < -0.4 is 10.6 Å². The summed E-state index contributed by atoms with van der Waals surface area (Å²) in [6.45, 7) is 9.82. The molecule has 8 heteroatoms. The normalized spacial score (nSPS) is 12.3. The first-order valence-electron chi connectivity index (χ1n) is 9.28. The van der Waals surface area contributed by atoms with Crippen molar-refractivity contribution in [3.8, 4) is 0 Å². The summed E-state index contributed by atoms with van der Waals surface area (Å²) >= 11 is 1.62. The highest BCUT2D eigenvalue weighted by atomic mass is 32.1. The van der Waals surface area contributed by atoms with Crippen LogP contribution in [-0.2, 0) is 20.0 Å². The third-order valence-electron chi connectivity index (χ3n) is 3.95. The number of aromatic nitrogens is 3. The molecule has 1 aliphatic rings. The molecule has 0 saturated carbocycles. The Balaban J connectivity index is 0.000000614. The van der Waals surface area contributed by atoms with E-state index in [9.17, 15) is 4.79 Å². The van der Waals surface area contributed by atoms with Crippen LogP contribution in [0, 0.1) is 0 Å². The van der Waals surface area contributed by atoms with Gasteiger partial charge in [0.05, 0.1) is 22.3 Å². The Bertz CT molecular complexity index is 893. The Labute approximate surface area is 163 Å². The number of carbonyl (C=O) groups is 1. The maximum atomic E-state index is 11.1. The fourth-order valence-electron chi connectivity index (χ4n) is 2.72. The van der Waals surface area contributed by atoms with Crippen LogP contribution in [0.4, 0.5) is 11.1 Å². The van der Waals surface area contributed by atoms with E-state index >= 15 is 0 Å². The molecule has 27 heavy (non-hydrogen) atoms. The van der Waals surface area contributed by atoms with Gasteiger partial charge in [-0.15, -0.1) is 11.3 Å². The Morgan fingerprint density at radius 3 is 2.67 bits per heavy atom. The molecule has 7 nitrogen and oxygen atoms in total. The molecule has 0 atom stereocenters. The van der Waals surface area contributed by atoms with E-state index in [1.165, 1.54) is 4.88 Å². The second-order valence-electron chi connectivity index (χ2n) is 5.44. The van der Waals surface area contributed by atoms with Crippen molar-refractivity contribution < 1.29 is 9.90 Å². The molecular formula is C19H27N5O2S. The highest BCUT2D eigenvalue weighted by molar-refractivity contribution is 7.15. The van der Waals surface area contributed by atoms with Crippen LogP contribution in [0.5, 0.6) is 0 Å². The molecule has 1 aliphatic heterocycles. The fourth-order valence-corrected chi connectivity index (χ4v) is 3.69. The molecule has 0 fully saturated rings. The highest BCUT2D eigenvalue weighted by Gasteiger charge is 2.17. The maximum Gasteiger partial charge on any atom is 0.335 e. The van der Waals surface area contributed by atoms with Crippen molar-refractivity contribution in [3.63, 3.8) is 0 Å². The molecule has 1 aromatic carbocycles. The van der Waals surface area contributed by atoms with Crippen molar-refractivity contribution in [2.45, 2.75) is 40.7 Å². The molecule has 4 rings (SSSR count). The number of carboxylic acid groups (broad SMARTS) is 1. The Kier molecular flexibility index (Phi) is 7.32. The first kappa shape index (κ1) is 20.9. The molecule has 0 unspecified atom stereocenters. The van der Waals surface area contributed by atoms with E-state index in [1.54, 1.807) is 29.5 Å². The van der Waals surface area contributed by atoms with Gasteiger partial charge in [-0.25, -0.2) is 14.8 Å². The van der Waals surface area contributed by atoms with Gasteiger partial charge in [0.1, 0.15) is 0 Å². The minimum atomic E-state index is -0.952. The zero-order valence-electron chi connectivity index (χ0n) is 16.5. The van der Waals surface area contributed by atoms with Gasteiger partial charge in [0.25, 0.3) is 0 Å². The number of anilines is 2. The number of thiazole rings is 1. The van der Waals surface area contributed by atoms with Crippen molar-refractivity contribution in [3.05, 3.63) is 34.3 Å². The van der Waals surface area contributed by atoms with Crippen molar-refractivity contribution >= 4 is 39.4 Å². The van der Waals surface area contributed by atoms with Crippen LogP contribution in [0.1, 0.15) is 48.6 Å². The van der Waals surface area contributed by atoms with Crippen LogP contribution in [-0.4, -0.2) is 32.2 Å². The molecule has 0 amide bonds. The smallest absolute Gasteiger partial charge is 0.335 e. The number of rotatable bonds is 3. The van der Waals surface area contributed by atoms with Gasteiger partial charge in [0.2, 0.25) is 5.95 Å². The van der Waals surface area contributed by atoms with Crippen LogP contribution in [0.15, 0.2) is 18.2 Å². The number of hydrogen-bond donors (Lipinski definition) is 3. The lowest BCUT2D eigenvalue weighted by atomic mass is 10.2. The molecule has 146 valence electrons. The summed E-state index contributed by atoms with van der Waals surface area (Å²) in [5.74, 6) is -0.297. The number of fused-ring (bicyclic) bond motifs is 2. The van der Waals surface area contributed by atoms with Gasteiger partial charge in [0, 0.05) is 31.4 Å². The number of benzene rings is 1. The summed E-state index contributed by atoms with van der Waals surface area (Å²) in [5, 5.41) is 16.5. The van der Waals surface area contributed by atoms with Crippen LogP contribution in [0.3, 0.4) is 0 Å². The van der Waals surface area contributed by atoms with E-state index in [1.807, 2.05) is 39.3 Å². The number of nitrogens with zero attached hydrogens (tertiary/aromatic N) is 3. The molecule has 0 saturated heterocycles. The number of aromatic carboxylic acids is 1. The third kappa shape index (κ3) is 4.45. The molecule has 3 N–H and O–H groups in total. The van der Waals surface area contributed by atoms with Gasteiger partial charge in [0.15, 0.2) is 5.13 Å². The van der Waals surface area contributed by atoms with Gasteiger partial charge in [-0.2, -0.15) is 0 Å². The topological polar surface area (TPSA) is 92.1 Å². The van der Waals surface area contributed by atoms with Gasteiger partial charge in [-0.05, 0) is 18.2 Å². The Morgan fingerprint density at radius 2 is 2.00 bits per heavy atom. The lowest BCUT2D eigenvalue weighted by molar-refractivity contribution is 0.0697. The molecule has 0 bridgehead atoms. The second kappa shape index (κ2) is 9.48. The quantitative estimate of drug-likeness (QED) is 0.623. The average molecular weight is 390 g/mol. The monoisotopic (exact) mass is 389 g/mol. The van der Waals surface area contributed by atoms with E-state index in [-0.39, 0.29) is 5.56 Å². The standard InChI is InChI=1S/C15H15N5O2S.2C2H6/c1-20-11-3-2-8(13(21)22)6-10(11)17-14(20)19-15-18-9-4-5-16-7-12(9)23-15;2*1-2/h2-3,6,16H,4-5,7H2,1H3,(H,21,22)(H,17,18,19);2*1-2H3. The summed E-state index contributed by atoms with van der Waals surface area (Å²) in [6.07, 6.45) is 0.942. The lowest BCUT2D eigenvalue weighted by Crippen LogP contribution is -2.22. The lowest BCUT2D eigenvalue weighted by Gasteiger charge is -2.09. The fraction of sp³-hybridized carbons (Fsp3) is 0.421. The number of aryl methyl sites for hydroxylation is 1. The van der Waals surface area contributed by atoms with Gasteiger partial charge >= 0.3 is 5.97 Å². The van der Waals surface area contributed by atoms with Crippen molar-refractivity contribution in [1.82, 2.24) is 19.9 Å². The predicted octanol–water partition coefficient (Wildman–Crippen LogP) is 4.17. The summed E-state index contributed by atoms with van der Waals surface area (Å²) in [5.41, 5.74) is 2.90. The van der Waals surface area contributed by atoms with Crippen molar-refractivity contribution in [2.75, 3.05) is 11.9 Å². The van der Waals surface area contributed by atoms with E-state index < -0.39 is 5.97 Å². The molecule has 2 aromatic heterocycles. The number of nitrogens with one attached hydrogen (secondary N) is 2. The van der Waals surface area contributed by atoms with Crippen LogP contribution >= 0.6 is 11.3 Å². The van der Waals surface area contributed by atoms with E-state index in [4.69, 9.17) is 5.11 Å². The van der Waals surface area contributed by atoms with Gasteiger partial charge < -0.3 is 20.3 Å². The molecule has 0 radical (unpaired) electrons. The van der Waals surface area contributed by atoms with Crippen LogP contribution in [0.2, 0.25) is 0 Å². The molecule has 0 spiro atoms. The average Bonchev–Trinajstić information content (AvgIpc) is 3.25. The molecule has 3 aromatic rings. The second-order valence-corrected chi connectivity index (χ2v) is 6.53. The zero-order chi connectivity index (χ0) is 20.0. The van der Waals surface area contributed by atoms with Crippen molar-refractivity contribution in [2.24, 2.45) is 7.05 Å². The minimum Gasteiger partial charge on any atom is -0.478 e. The Morgan fingerprint density at radius 1 is 1.26 bits per heavy atom. The number of carboxylic acids is 1. The van der Waals surface area contributed by atoms with E-state index in [0.29, 0.717) is 11.5 Å². The largest absolute Gasteiger partial charge is 0.478 e. The zero-order valence-corrected chi connectivity index (χ0v) is 17.3. The van der Waals surface area contributed by atoms with Crippen LogP contribution in [0.25, 0.3) is 11.0 Å². The molecular weight excluding hydrogens is 362 g/mol. The van der Waals surface area contributed by atoms with Gasteiger partial charge in [-0.1, -0.05) is 27.7 Å². The number of hydrogen-bond acceptors (Lipinski definition) is 6. The van der Waals surface area contributed by atoms with Gasteiger partial charge in [-0.3, -0.25) is 0 Å². The molecule has 0 aliphatic carbocycles. The summed E-state index contributed by atoms with van der Waals surface area (Å²) in [6, 6.07) is 4.94. The summed E-state index contributed by atoms with van der Waals surface area (Å²) in [4.78, 5) is 21.4. The minimum absolute atomic E-state index is 0.234. The SMILES string of the molecule is CC.CC.Cn1c(Nc2nc3c(s2)CNCC3)nc2cc(C(=O)O)ccc21. The molecule has 3 heterocycles. The van der Waals surface area contributed by atoms with E-state index in [2.05, 4.69) is 20.6 Å². The predicted molar refractivity (Wildman–Crippen MR) is 111 cm³/mol. The third-order valence-corrected chi connectivity index (χ3v) is 4.96. The highest BCUT2D eigenvalue weighted by Crippen LogP contribution is 2.29. The maximum absolute atomic E-state index is 11.1.